The number of benzene rings is 9. The molecule has 0 aliphatic carbocycles. The van der Waals surface area contributed by atoms with E-state index in [4.69, 9.17) is 0 Å². The molecule has 10 aromatic rings. The van der Waals surface area contributed by atoms with Crippen molar-refractivity contribution in [2.45, 2.75) is 0 Å². The number of anilines is 6. The van der Waals surface area contributed by atoms with Crippen LogP contribution in [0.1, 0.15) is 0 Å². The molecule has 240 valence electrons. The van der Waals surface area contributed by atoms with Crippen molar-refractivity contribution in [3.63, 3.8) is 0 Å². The van der Waals surface area contributed by atoms with E-state index in [9.17, 15) is 0 Å². The monoisotopic (exact) mass is 668 g/mol. The Morgan fingerprint density at radius 1 is 0.314 bits per heavy atom. The highest BCUT2D eigenvalue weighted by Crippen LogP contribution is 2.53. The second-order valence-corrected chi connectivity index (χ2v) is 14.1. The maximum atomic E-state index is 2.47. The van der Waals surface area contributed by atoms with E-state index in [0.29, 0.717) is 0 Å². The lowest BCUT2D eigenvalue weighted by atomic mass is 10.0. The zero-order valence-corrected chi connectivity index (χ0v) is 28.6. The molecular weight excluding hydrogens is 637 g/mol. The summed E-state index contributed by atoms with van der Waals surface area (Å²) < 4.78 is 2.54. The first-order valence-electron chi connectivity index (χ1n) is 17.3. The van der Waals surface area contributed by atoms with E-state index in [0.717, 1.165) is 34.1 Å². The van der Waals surface area contributed by atoms with Gasteiger partial charge in [0, 0.05) is 42.9 Å². The minimum absolute atomic E-state index is 1.10. The number of rotatable bonds is 6. The van der Waals surface area contributed by atoms with Crippen molar-refractivity contribution in [1.82, 2.24) is 0 Å². The average Bonchev–Trinajstić information content (AvgIpc) is 3.56. The highest BCUT2D eigenvalue weighted by atomic mass is 32.1. The van der Waals surface area contributed by atoms with Crippen LogP contribution in [0.3, 0.4) is 0 Å². The summed E-state index contributed by atoms with van der Waals surface area (Å²) in [6.07, 6.45) is 0. The predicted octanol–water partition coefficient (Wildman–Crippen LogP) is 14.5. The molecule has 0 spiro atoms. The summed E-state index contributed by atoms with van der Waals surface area (Å²) in [6.45, 7) is 0. The average molecular weight is 669 g/mol. The van der Waals surface area contributed by atoms with Gasteiger partial charge in [0.2, 0.25) is 0 Å². The molecule has 0 saturated heterocycles. The van der Waals surface area contributed by atoms with Crippen LogP contribution in [-0.2, 0) is 0 Å². The number of nitrogens with zero attached hydrogens (tertiary/aromatic N) is 2. The van der Waals surface area contributed by atoms with Crippen molar-refractivity contribution in [3.8, 4) is 0 Å². The molecule has 51 heavy (non-hydrogen) atoms. The molecule has 0 radical (unpaired) electrons. The third kappa shape index (κ3) is 5.10. The Morgan fingerprint density at radius 3 is 1.37 bits per heavy atom. The molecule has 0 atom stereocenters. The van der Waals surface area contributed by atoms with Crippen LogP contribution in [0, 0.1) is 0 Å². The largest absolute Gasteiger partial charge is 0.308 e. The molecule has 0 N–H and O–H groups in total. The Hall–Kier alpha value is -6.42. The van der Waals surface area contributed by atoms with E-state index >= 15 is 0 Å². The lowest BCUT2D eigenvalue weighted by molar-refractivity contribution is 1.24. The number of thiophene rings is 1. The number of para-hydroxylation sites is 2. The predicted molar refractivity (Wildman–Crippen MR) is 221 cm³/mol. The Kier molecular flexibility index (Phi) is 7.04. The van der Waals surface area contributed by atoms with Crippen molar-refractivity contribution in [3.05, 3.63) is 194 Å². The van der Waals surface area contributed by atoms with Gasteiger partial charge in [0.15, 0.2) is 0 Å². The molecule has 0 aliphatic rings. The number of hydrogen-bond donors (Lipinski definition) is 0. The smallest absolute Gasteiger partial charge is 0.0796 e. The molecule has 0 aliphatic heterocycles. The Morgan fingerprint density at radius 2 is 0.784 bits per heavy atom. The molecule has 0 bridgehead atoms. The van der Waals surface area contributed by atoms with Gasteiger partial charge >= 0.3 is 0 Å². The molecule has 2 nitrogen and oxygen atoms in total. The van der Waals surface area contributed by atoms with E-state index in [1.165, 1.54) is 52.5 Å². The molecule has 9 aromatic carbocycles. The minimum Gasteiger partial charge on any atom is -0.308 e. The summed E-state index contributed by atoms with van der Waals surface area (Å²) in [6, 6.07) is 70.6. The molecule has 3 heteroatoms. The minimum atomic E-state index is 1.10. The Balaban J connectivity index is 1.36. The molecule has 0 unspecified atom stereocenters. The van der Waals surface area contributed by atoms with E-state index in [1.807, 2.05) is 11.3 Å². The van der Waals surface area contributed by atoms with Crippen LogP contribution in [0.5, 0.6) is 0 Å². The van der Waals surface area contributed by atoms with Crippen LogP contribution < -0.4 is 9.80 Å². The van der Waals surface area contributed by atoms with Gasteiger partial charge in [-0.3, -0.25) is 0 Å². The van der Waals surface area contributed by atoms with Gasteiger partial charge < -0.3 is 9.80 Å². The second-order valence-electron chi connectivity index (χ2n) is 13.0. The summed E-state index contributed by atoms with van der Waals surface area (Å²) >= 11 is 1.87. The van der Waals surface area contributed by atoms with Gasteiger partial charge in [-0.1, -0.05) is 121 Å². The molecule has 0 saturated carbocycles. The standard InChI is InChI=1S/C48H32N2S/c1-3-19-39(20-4-1)49(41-25-23-33-13-7-9-15-35(33)29-41)44-27-28-45-47(43-31-37-17-11-12-18-38(37)32-46(43)51-45)48(44)50(40-21-5-2-6-22-40)42-26-24-34-14-8-10-16-36(34)30-42/h1-32H. The maximum Gasteiger partial charge on any atom is 0.0796 e. The van der Waals surface area contributed by atoms with Crippen molar-refractivity contribution in [2.24, 2.45) is 0 Å². The van der Waals surface area contributed by atoms with Crippen LogP contribution in [0.2, 0.25) is 0 Å². The van der Waals surface area contributed by atoms with Gasteiger partial charge in [0.05, 0.1) is 11.4 Å². The normalized spacial score (nSPS) is 11.5. The van der Waals surface area contributed by atoms with Crippen molar-refractivity contribution >= 4 is 98.0 Å². The van der Waals surface area contributed by atoms with E-state index in [-0.39, 0.29) is 0 Å². The molecule has 1 aromatic heterocycles. The fraction of sp³-hybridized carbons (Fsp3) is 0. The van der Waals surface area contributed by atoms with Crippen molar-refractivity contribution in [1.29, 1.82) is 0 Å². The Labute approximate surface area is 300 Å². The van der Waals surface area contributed by atoms with Gasteiger partial charge in [-0.05, 0) is 105 Å². The molecule has 10 rings (SSSR count). The first kappa shape index (κ1) is 29.5. The first-order chi connectivity index (χ1) is 25.3. The fourth-order valence-corrected chi connectivity index (χ4v) is 8.69. The first-order valence-corrected chi connectivity index (χ1v) is 18.2. The van der Waals surface area contributed by atoms with Gasteiger partial charge in [-0.25, -0.2) is 0 Å². The summed E-state index contributed by atoms with van der Waals surface area (Å²) in [7, 11) is 0. The summed E-state index contributed by atoms with van der Waals surface area (Å²) in [5, 5.41) is 9.88. The third-order valence-corrected chi connectivity index (χ3v) is 11.0. The third-order valence-electron chi connectivity index (χ3n) is 9.93. The fourth-order valence-electron chi connectivity index (χ4n) is 7.55. The Bertz CT molecular complexity index is 2880. The summed E-state index contributed by atoms with van der Waals surface area (Å²) in [4.78, 5) is 4.91. The molecular formula is C48H32N2S. The van der Waals surface area contributed by atoms with E-state index in [1.54, 1.807) is 0 Å². The van der Waals surface area contributed by atoms with E-state index < -0.39 is 0 Å². The van der Waals surface area contributed by atoms with Crippen molar-refractivity contribution < 1.29 is 0 Å². The zero-order chi connectivity index (χ0) is 33.7. The lowest BCUT2D eigenvalue weighted by Crippen LogP contribution is -2.17. The zero-order valence-electron chi connectivity index (χ0n) is 27.8. The van der Waals surface area contributed by atoms with Crippen LogP contribution >= 0.6 is 11.3 Å². The van der Waals surface area contributed by atoms with Gasteiger partial charge in [0.1, 0.15) is 0 Å². The van der Waals surface area contributed by atoms with Crippen LogP contribution in [0.25, 0.3) is 52.5 Å². The van der Waals surface area contributed by atoms with Gasteiger partial charge in [0.25, 0.3) is 0 Å². The van der Waals surface area contributed by atoms with Crippen LogP contribution in [-0.4, -0.2) is 0 Å². The van der Waals surface area contributed by atoms with Crippen molar-refractivity contribution in [2.75, 3.05) is 9.80 Å². The lowest BCUT2D eigenvalue weighted by Gasteiger charge is -2.34. The van der Waals surface area contributed by atoms with Crippen LogP contribution in [0.15, 0.2) is 194 Å². The number of hydrogen-bond acceptors (Lipinski definition) is 3. The second kappa shape index (κ2) is 12.2. The SMILES string of the molecule is c1ccc(N(c2ccc3ccccc3c2)c2ccc3sc4cc5ccccc5cc4c3c2N(c2ccccc2)c2ccc3ccccc3c2)cc1. The van der Waals surface area contributed by atoms with Gasteiger partial charge in [-0.15, -0.1) is 11.3 Å². The molecule has 0 fully saturated rings. The summed E-state index contributed by atoms with van der Waals surface area (Å²) in [5.74, 6) is 0. The molecule has 1 heterocycles. The van der Waals surface area contributed by atoms with E-state index in [2.05, 4.69) is 204 Å². The van der Waals surface area contributed by atoms with Crippen LogP contribution in [0.4, 0.5) is 34.1 Å². The highest BCUT2D eigenvalue weighted by Gasteiger charge is 2.27. The quantitative estimate of drug-likeness (QED) is 0.174. The topological polar surface area (TPSA) is 6.48 Å². The maximum absolute atomic E-state index is 2.47. The summed E-state index contributed by atoms with van der Waals surface area (Å²) in [5.41, 5.74) is 6.68. The number of fused-ring (bicyclic) bond motifs is 6. The molecule has 0 amide bonds. The highest BCUT2D eigenvalue weighted by molar-refractivity contribution is 7.26. The van der Waals surface area contributed by atoms with Gasteiger partial charge in [-0.2, -0.15) is 0 Å².